The summed E-state index contributed by atoms with van der Waals surface area (Å²) in [6, 6.07) is 1.29. The molecule has 2 unspecified atom stereocenters. The summed E-state index contributed by atoms with van der Waals surface area (Å²) >= 11 is 1.63. The van der Waals surface area contributed by atoms with Crippen molar-refractivity contribution < 1.29 is 17.9 Å². The molecule has 1 aromatic heterocycles. The third-order valence-electron chi connectivity index (χ3n) is 2.55. The molecule has 1 aliphatic rings. The number of nitrogens with zero attached hydrogens (tertiary/aromatic N) is 1. The Balaban J connectivity index is 0.000000861. The zero-order valence-corrected chi connectivity index (χ0v) is 12.4. The van der Waals surface area contributed by atoms with Crippen molar-refractivity contribution in [2.75, 3.05) is 13.7 Å². The van der Waals surface area contributed by atoms with Crippen molar-refractivity contribution in [1.82, 2.24) is 9.55 Å². The molecule has 2 atom stereocenters. The van der Waals surface area contributed by atoms with E-state index in [1.807, 2.05) is 0 Å². The van der Waals surface area contributed by atoms with Crippen LogP contribution in [-0.2, 0) is 12.8 Å². The smallest absolute Gasteiger partial charge is 0.330 e. The molecule has 19 heavy (non-hydrogen) atoms. The van der Waals surface area contributed by atoms with Gasteiger partial charge in [0, 0.05) is 19.4 Å². The second kappa shape index (κ2) is 8.43. The third-order valence-corrected chi connectivity index (χ3v) is 2.80. The molecule has 2 rings (SSSR count). The third kappa shape index (κ3) is 4.69. The lowest BCUT2D eigenvalue weighted by atomic mass is 10.2. The van der Waals surface area contributed by atoms with Gasteiger partial charge in [-0.2, -0.15) is 3.22 Å². The molecular weight excluding hydrogens is 371 g/mol. The zero-order chi connectivity index (χ0) is 14.3. The molecule has 1 aromatic rings. The molecule has 108 valence electrons. The summed E-state index contributed by atoms with van der Waals surface area (Å²) < 4.78 is 11.4. The Bertz CT molecular complexity index is 487. The highest BCUT2D eigenvalue weighted by Gasteiger charge is 2.27. The average Bonchev–Trinajstić information content (AvgIpc) is 2.87. The van der Waals surface area contributed by atoms with Crippen LogP contribution in [0.2, 0.25) is 0 Å². The van der Waals surface area contributed by atoms with Gasteiger partial charge in [-0.15, -0.1) is 0 Å². The fraction of sp³-hybridized carbons (Fsp3) is 0.600. The van der Waals surface area contributed by atoms with Crippen LogP contribution in [0, 0.1) is 0 Å². The van der Waals surface area contributed by atoms with Crippen LogP contribution in [0.3, 0.4) is 0 Å². The van der Waals surface area contributed by atoms with E-state index >= 15 is 0 Å². The quantitative estimate of drug-likeness (QED) is 0.433. The Hall–Kier alpha value is -0.750. The van der Waals surface area contributed by atoms with Gasteiger partial charge in [-0.25, -0.2) is 9.68 Å². The SMILES string of the molecule is CO.O=c1ccn(C2CCC(COOI)O2)c(=O)[nH]1. The van der Waals surface area contributed by atoms with E-state index in [1.165, 1.54) is 16.8 Å². The highest BCUT2D eigenvalue weighted by atomic mass is 127. The highest BCUT2D eigenvalue weighted by Crippen LogP contribution is 2.26. The van der Waals surface area contributed by atoms with Gasteiger partial charge in [0.2, 0.25) is 0 Å². The molecule has 1 fully saturated rings. The maximum atomic E-state index is 11.5. The minimum absolute atomic E-state index is 0.103. The Morgan fingerprint density at radius 3 is 2.89 bits per heavy atom. The van der Waals surface area contributed by atoms with Crippen molar-refractivity contribution in [3.8, 4) is 0 Å². The number of ether oxygens (including phenoxy) is 1. The number of H-pyrrole nitrogens is 1. The van der Waals surface area contributed by atoms with Crippen LogP contribution >= 0.6 is 23.0 Å². The summed E-state index contributed by atoms with van der Waals surface area (Å²) in [4.78, 5) is 29.4. The number of hydrogen-bond donors (Lipinski definition) is 2. The van der Waals surface area contributed by atoms with Gasteiger partial charge < -0.3 is 9.84 Å². The fourth-order valence-electron chi connectivity index (χ4n) is 1.77. The lowest BCUT2D eigenvalue weighted by Crippen LogP contribution is -2.31. The molecule has 2 heterocycles. The van der Waals surface area contributed by atoms with Gasteiger partial charge >= 0.3 is 5.69 Å². The van der Waals surface area contributed by atoms with Crippen LogP contribution in [0.5, 0.6) is 0 Å². The summed E-state index contributed by atoms with van der Waals surface area (Å²) in [6.07, 6.45) is 2.44. The van der Waals surface area contributed by atoms with E-state index in [9.17, 15) is 9.59 Å². The van der Waals surface area contributed by atoms with E-state index in [4.69, 9.17) is 14.7 Å². The summed E-state index contributed by atoms with van der Waals surface area (Å²) in [5.41, 5.74) is -0.878. The Morgan fingerprint density at radius 1 is 1.53 bits per heavy atom. The predicted octanol–water partition coefficient (Wildman–Crippen LogP) is 0.121. The number of aromatic nitrogens is 2. The van der Waals surface area contributed by atoms with Crippen LogP contribution < -0.4 is 11.2 Å². The number of hydrogen-bond acceptors (Lipinski definition) is 6. The number of rotatable bonds is 4. The van der Waals surface area contributed by atoms with Crippen LogP contribution in [0.4, 0.5) is 0 Å². The summed E-state index contributed by atoms with van der Waals surface area (Å²) in [7, 11) is 1.00. The molecule has 2 N–H and O–H groups in total. The lowest BCUT2D eigenvalue weighted by Gasteiger charge is -2.14. The van der Waals surface area contributed by atoms with Crippen LogP contribution in [-0.4, -0.2) is 34.5 Å². The Morgan fingerprint density at radius 2 is 2.26 bits per heavy atom. The molecular formula is C10H15IN2O6. The zero-order valence-electron chi connectivity index (χ0n) is 10.2. The first-order chi connectivity index (χ1) is 9.20. The summed E-state index contributed by atoms with van der Waals surface area (Å²) in [5.74, 6) is 0. The van der Waals surface area contributed by atoms with Crippen LogP contribution in [0.1, 0.15) is 19.1 Å². The van der Waals surface area contributed by atoms with E-state index in [2.05, 4.69) is 8.20 Å². The molecule has 0 bridgehead atoms. The largest absolute Gasteiger partial charge is 0.400 e. The standard InChI is InChI=1S/C9H11IN2O5.CH4O/c10-17-15-5-6-1-2-8(16-6)12-4-3-7(13)11-9(12)14;1-2/h3-4,6,8H,1-2,5H2,(H,11,13,14);2H,1H3. The van der Waals surface area contributed by atoms with Gasteiger partial charge in [-0.3, -0.25) is 14.3 Å². The van der Waals surface area contributed by atoms with Gasteiger partial charge in [0.1, 0.15) is 12.8 Å². The molecule has 1 aliphatic heterocycles. The maximum Gasteiger partial charge on any atom is 0.330 e. The van der Waals surface area contributed by atoms with Crippen molar-refractivity contribution >= 4 is 23.0 Å². The molecule has 0 saturated carbocycles. The molecule has 0 aromatic carbocycles. The van der Waals surface area contributed by atoms with E-state index < -0.39 is 11.2 Å². The Labute approximate surface area is 122 Å². The number of aromatic amines is 1. The summed E-state index contributed by atoms with van der Waals surface area (Å²) in [5, 5.41) is 7.00. The maximum absolute atomic E-state index is 11.5. The fourth-order valence-corrected chi connectivity index (χ4v) is 1.92. The van der Waals surface area contributed by atoms with E-state index in [1.54, 1.807) is 23.0 Å². The van der Waals surface area contributed by atoms with Crippen molar-refractivity contribution in [2.24, 2.45) is 0 Å². The lowest BCUT2D eigenvalue weighted by molar-refractivity contribution is -0.194. The minimum Gasteiger partial charge on any atom is -0.400 e. The van der Waals surface area contributed by atoms with Crippen LogP contribution in [0.15, 0.2) is 21.9 Å². The van der Waals surface area contributed by atoms with Crippen molar-refractivity contribution in [3.05, 3.63) is 33.1 Å². The second-order valence-electron chi connectivity index (χ2n) is 3.66. The summed E-state index contributed by atoms with van der Waals surface area (Å²) in [6.45, 7) is 0.317. The molecule has 9 heteroatoms. The van der Waals surface area contributed by atoms with Gasteiger partial charge in [-0.1, -0.05) is 0 Å². The van der Waals surface area contributed by atoms with Crippen molar-refractivity contribution in [3.63, 3.8) is 0 Å². The molecule has 8 nitrogen and oxygen atoms in total. The number of halogens is 1. The van der Waals surface area contributed by atoms with E-state index in [0.29, 0.717) is 13.0 Å². The van der Waals surface area contributed by atoms with Gasteiger partial charge in [0.25, 0.3) is 5.56 Å². The first-order valence-corrected chi connectivity index (χ1v) is 6.40. The second-order valence-corrected chi connectivity index (χ2v) is 4.01. The minimum atomic E-state index is -0.464. The molecule has 0 spiro atoms. The first-order valence-electron chi connectivity index (χ1n) is 5.52. The molecule has 0 radical (unpaired) electrons. The van der Waals surface area contributed by atoms with Crippen molar-refractivity contribution in [1.29, 1.82) is 0 Å². The van der Waals surface area contributed by atoms with E-state index in [-0.39, 0.29) is 12.3 Å². The van der Waals surface area contributed by atoms with E-state index in [0.717, 1.165) is 13.5 Å². The van der Waals surface area contributed by atoms with Gasteiger partial charge in [-0.05, 0) is 12.8 Å². The number of nitrogens with one attached hydrogen (secondary N) is 1. The van der Waals surface area contributed by atoms with Gasteiger partial charge in [0.15, 0.2) is 23.0 Å². The molecule has 0 amide bonds. The van der Waals surface area contributed by atoms with Gasteiger partial charge in [0.05, 0.1) is 6.10 Å². The first kappa shape index (κ1) is 16.3. The highest BCUT2D eigenvalue weighted by molar-refractivity contribution is 14.1. The molecule has 1 saturated heterocycles. The Kier molecular flexibility index (Phi) is 7.23. The monoisotopic (exact) mass is 386 g/mol. The predicted molar refractivity (Wildman–Crippen MR) is 73.7 cm³/mol. The normalized spacial score (nSPS) is 21.8. The molecule has 0 aliphatic carbocycles. The number of aliphatic hydroxyl groups excluding tert-OH is 1. The number of aliphatic hydroxyl groups is 1. The van der Waals surface area contributed by atoms with Crippen molar-refractivity contribution in [2.45, 2.75) is 25.2 Å². The average molecular weight is 386 g/mol. The topological polar surface area (TPSA) is 103 Å². The van der Waals surface area contributed by atoms with Crippen LogP contribution in [0.25, 0.3) is 0 Å².